The van der Waals surface area contributed by atoms with Gasteiger partial charge in [0.15, 0.2) is 0 Å². The highest BCUT2D eigenvalue weighted by molar-refractivity contribution is 6.03. The Morgan fingerprint density at radius 3 is 2.26 bits per heavy atom. The number of halogens is 3. The molecule has 4 nitrogen and oxygen atoms in total. The van der Waals surface area contributed by atoms with Crippen molar-refractivity contribution in [3.05, 3.63) is 59.2 Å². The van der Waals surface area contributed by atoms with Crippen molar-refractivity contribution in [1.29, 1.82) is 0 Å². The van der Waals surface area contributed by atoms with Gasteiger partial charge in [0.25, 0.3) is 0 Å². The van der Waals surface area contributed by atoms with E-state index in [-0.39, 0.29) is 11.6 Å². The fraction of sp³-hybridized carbons (Fsp3) is 0.300. The van der Waals surface area contributed by atoms with Crippen LogP contribution in [0.4, 0.5) is 24.5 Å². The highest BCUT2D eigenvalue weighted by atomic mass is 19.4. The molecule has 2 unspecified atom stereocenters. The summed E-state index contributed by atoms with van der Waals surface area (Å²) in [6.45, 7) is 3.83. The van der Waals surface area contributed by atoms with Crippen LogP contribution in [0.25, 0.3) is 0 Å². The summed E-state index contributed by atoms with van der Waals surface area (Å²) in [6, 6.07) is 10.1. The number of alkyl halides is 3. The lowest BCUT2D eigenvalue weighted by molar-refractivity contribution is -0.137. The van der Waals surface area contributed by atoms with Crippen LogP contribution in [0, 0.1) is 25.7 Å². The third kappa shape index (κ3) is 4.48. The van der Waals surface area contributed by atoms with Crippen LogP contribution in [0.5, 0.6) is 0 Å². The van der Waals surface area contributed by atoms with Gasteiger partial charge in [0, 0.05) is 11.4 Å². The molecule has 1 fully saturated rings. The lowest BCUT2D eigenvalue weighted by Gasteiger charge is -2.10. The number of aryl methyl sites for hydroxylation is 2. The van der Waals surface area contributed by atoms with E-state index in [0.717, 1.165) is 23.3 Å². The smallest absolute Gasteiger partial charge is 0.326 e. The Morgan fingerprint density at radius 2 is 1.63 bits per heavy atom. The molecule has 0 saturated heterocycles. The molecular weight excluding hydrogens is 357 g/mol. The fourth-order valence-corrected chi connectivity index (χ4v) is 2.96. The predicted octanol–water partition coefficient (Wildman–Crippen LogP) is 4.54. The number of rotatable bonds is 4. The number of hydrogen-bond acceptors (Lipinski definition) is 2. The fourth-order valence-electron chi connectivity index (χ4n) is 2.96. The summed E-state index contributed by atoms with van der Waals surface area (Å²) >= 11 is 0. The highest BCUT2D eigenvalue weighted by Crippen LogP contribution is 2.40. The van der Waals surface area contributed by atoms with Gasteiger partial charge >= 0.3 is 6.18 Å². The summed E-state index contributed by atoms with van der Waals surface area (Å²) in [5, 5.41) is 5.27. The molecule has 27 heavy (non-hydrogen) atoms. The minimum absolute atomic E-state index is 0.0651. The van der Waals surface area contributed by atoms with E-state index < -0.39 is 29.5 Å². The topological polar surface area (TPSA) is 58.2 Å². The van der Waals surface area contributed by atoms with Crippen molar-refractivity contribution < 1.29 is 22.8 Å². The van der Waals surface area contributed by atoms with E-state index in [9.17, 15) is 22.8 Å². The van der Waals surface area contributed by atoms with Crippen LogP contribution < -0.4 is 10.6 Å². The molecule has 0 spiro atoms. The van der Waals surface area contributed by atoms with Gasteiger partial charge in [0.2, 0.25) is 11.8 Å². The molecule has 2 N–H and O–H groups in total. The number of hydrogen-bond donors (Lipinski definition) is 2. The largest absolute Gasteiger partial charge is 0.416 e. The minimum atomic E-state index is -4.48. The molecule has 2 aromatic rings. The zero-order chi connectivity index (χ0) is 19.8. The van der Waals surface area contributed by atoms with Gasteiger partial charge in [-0.25, -0.2) is 0 Å². The van der Waals surface area contributed by atoms with E-state index in [1.54, 1.807) is 0 Å². The molecule has 0 aliphatic heterocycles. The molecule has 2 atom stereocenters. The molecule has 0 aromatic heterocycles. The van der Waals surface area contributed by atoms with Crippen LogP contribution in [0.15, 0.2) is 42.5 Å². The van der Waals surface area contributed by atoms with Crippen molar-refractivity contribution in [2.75, 3.05) is 10.6 Å². The summed E-state index contributed by atoms with van der Waals surface area (Å²) in [4.78, 5) is 24.6. The molecule has 2 amide bonds. The maximum atomic E-state index is 12.7. The second-order valence-corrected chi connectivity index (χ2v) is 6.82. The Morgan fingerprint density at radius 1 is 0.963 bits per heavy atom. The maximum absolute atomic E-state index is 12.7. The first-order chi connectivity index (χ1) is 12.6. The van der Waals surface area contributed by atoms with Crippen molar-refractivity contribution in [2.45, 2.75) is 26.4 Å². The molecule has 1 aliphatic carbocycles. The zero-order valence-corrected chi connectivity index (χ0v) is 14.9. The summed E-state index contributed by atoms with van der Waals surface area (Å²) in [5.41, 5.74) is 1.93. The monoisotopic (exact) mass is 376 g/mol. The second-order valence-electron chi connectivity index (χ2n) is 6.82. The summed E-state index contributed by atoms with van der Waals surface area (Å²) in [6.07, 6.45) is -4.10. The first kappa shape index (κ1) is 18.9. The normalized spacial score (nSPS) is 18.7. The lowest BCUT2D eigenvalue weighted by atomic mass is 10.1. The quantitative estimate of drug-likeness (QED) is 0.823. The first-order valence-electron chi connectivity index (χ1n) is 8.51. The molecule has 142 valence electrons. The van der Waals surface area contributed by atoms with E-state index in [0.29, 0.717) is 12.1 Å². The molecule has 0 radical (unpaired) electrons. The van der Waals surface area contributed by atoms with Crippen molar-refractivity contribution >= 4 is 23.2 Å². The van der Waals surface area contributed by atoms with Gasteiger partial charge < -0.3 is 10.6 Å². The maximum Gasteiger partial charge on any atom is 0.416 e. The van der Waals surface area contributed by atoms with Gasteiger partial charge in [0.1, 0.15) is 0 Å². The second kappa shape index (κ2) is 7.06. The van der Waals surface area contributed by atoms with Crippen LogP contribution in [-0.4, -0.2) is 11.8 Å². The Balaban J connectivity index is 1.59. The van der Waals surface area contributed by atoms with E-state index in [1.165, 1.54) is 12.1 Å². The van der Waals surface area contributed by atoms with Gasteiger partial charge in [-0.15, -0.1) is 0 Å². The Bertz CT molecular complexity index is 893. The van der Waals surface area contributed by atoms with Crippen LogP contribution >= 0.6 is 0 Å². The Hall–Kier alpha value is -2.83. The predicted molar refractivity (Wildman–Crippen MR) is 96.2 cm³/mol. The average molecular weight is 376 g/mol. The van der Waals surface area contributed by atoms with E-state index >= 15 is 0 Å². The van der Waals surface area contributed by atoms with Gasteiger partial charge in [-0.05, 0) is 50.1 Å². The van der Waals surface area contributed by atoms with Gasteiger partial charge in [0.05, 0.1) is 17.4 Å². The molecule has 2 aromatic carbocycles. The third-order valence-electron chi connectivity index (χ3n) is 4.56. The Kier molecular flexibility index (Phi) is 4.95. The Labute approximate surface area is 154 Å². The van der Waals surface area contributed by atoms with Crippen LogP contribution in [0.3, 0.4) is 0 Å². The molecule has 3 rings (SSSR count). The van der Waals surface area contributed by atoms with Crippen LogP contribution in [-0.2, 0) is 15.8 Å². The SMILES string of the molecule is Cc1ccc(NC(=O)C2CC2C(=O)Nc2cccc(C(F)(F)F)c2)c(C)c1. The van der Waals surface area contributed by atoms with Crippen molar-refractivity contribution in [2.24, 2.45) is 11.8 Å². The molecule has 7 heteroatoms. The number of benzene rings is 2. The van der Waals surface area contributed by atoms with Crippen molar-refractivity contribution in [3.8, 4) is 0 Å². The molecular formula is C20H19F3N2O2. The number of anilines is 2. The van der Waals surface area contributed by atoms with Gasteiger partial charge in [-0.3, -0.25) is 9.59 Å². The number of carbonyl (C=O) groups is 2. The molecule has 0 heterocycles. The van der Waals surface area contributed by atoms with Gasteiger partial charge in [-0.2, -0.15) is 13.2 Å². The standard InChI is InChI=1S/C20H19F3N2O2/c1-11-6-7-17(12(2)8-11)25-19(27)16-10-15(16)18(26)24-14-5-3-4-13(9-14)20(21,22)23/h3-9,15-16H,10H2,1-2H3,(H,24,26)(H,25,27). The van der Waals surface area contributed by atoms with E-state index in [1.807, 2.05) is 32.0 Å². The third-order valence-corrected chi connectivity index (χ3v) is 4.56. The van der Waals surface area contributed by atoms with Crippen molar-refractivity contribution in [1.82, 2.24) is 0 Å². The van der Waals surface area contributed by atoms with Gasteiger partial charge in [-0.1, -0.05) is 23.8 Å². The van der Waals surface area contributed by atoms with Crippen LogP contribution in [0.1, 0.15) is 23.1 Å². The number of nitrogens with one attached hydrogen (secondary N) is 2. The minimum Gasteiger partial charge on any atom is -0.326 e. The van der Waals surface area contributed by atoms with Crippen LogP contribution in [0.2, 0.25) is 0 Å². The molecule has 1 saturated carbocycles. The zero-order valence-electron chi connectivity index (χ0n) is 14.9. The molecule has 0 bridgehead atoms. The summed E-state index contributed by atoms with van der Waals surface area (Å²) in [5.74, 6) is -1.72. The number of amides is 2. The summed E-state index contributed by atoms with van der Waals surface area (Å²) < 4.78 is 38.2. The first-order valence-corrected chi connectivity index (χ1v) is 8.51. The van der Waals surface area contributed by atoms with Crippen molar-refractivity contribution in [3.63, 3.8) is 0 Å². The number of carbonyl (C=O) groups excluding carboxylic acids is 2. The van der Waals surface area contributed by atoms with E-state index in [2.05, 4.69) is 10.6 Å². The van der Waals surface area contributed by atoms with E-state index in [4.69, 9.17) is 0 Å². The summed E-state index contributed by atoms with van der Waals surface area (Å²) in [7, 11) is 0. The highest BCUT2D eigenvalue weighted by Gasteiger charge is 2.48. The average Bonchev–Trinajstić information content (AvgIpc) is 3.38. The molecule has 1 aliphatic rings. The lowest BCUT2D eigenvalue weighted by Crippen LogP contribution is -2.21.